The molecule has 1 aromatic rings. The number of unbranched alkanes of at least 4 members (excludes halogenated alkanes) is 7. The molecule has 2 amide bonds. The zero-order valence-electron chi connectivity index (χ0n) is 26.4. The lowest BCUT2D eigenvalue weighted by Gasteiger charge is -2.34. The SMILES string of the molecule is CC(=O)O[C@H](C(=O)C=CC(=O)CCCCCCCCCCO)[C@H](Cc1ccccc1)C(=O)N1C(=O)OC(C)(C)[C@@H]1C(C)C. The molecular weight excluding hydrogens is 550 g/mol. The molecule has 1 aromatic carbocycles. The van der Waals surface area contributed by atoms with E-state index >= 15 is 0 Å². The van der Waals surface area contributed by atoms with Gasteiger partial charge in [0.05, 0.1) is 12.0 Å². The average Bonchev–Trinajstić information content (AvgIpc) is 3.20. The number of hydrogen-bond donors (Lipinski definition) is 1. The Morgan fingerprint density at radius 1 is 0.953 bits per heavy atom. The first-order valence-corrected chi connectivity index (χ1v) is 15.5. The van der Waals surface area contributed by atoms with Crippen LogP contribution in [0.3, 0.4) is 0 Å². The van der Waals surface area contributed by atoms with Crippen LogP contribution >= 0.6 is 0 Å². The van der Waals surface area contributed by atoms with Gasteiger partial charge in [0, 0.05) is 20.0 Å². The van der Waals surface area contributed by atoms with Crippen LogP contribution in [0, 0.1) is 11.8 Å². The Labute approximate surface area is 256 Å². The number of aliphatic hydroxyl groups is 1. The fraction of sp³-hybridized carbons (Fsp3) is 0.618. The van der Waals surface area contributed by atoms with Crippen molar-refractivity contribution in [2.24, 2.45) is 11.8 Å². The van der Waals surface area contributed by atoms with Gasteiger partial charge in [-0.3, -0.25) is 19.2 Å². The summed E-state index contributed by atoms with van der Waals surface area (Å²) in [6.07, 6.45) is 7.97. The van der Waals surface area contributed by atoms with Crippen LogP contribution in [0.4, 0.5) is 4.79 Å². The van der Waals surface area contributed by atoms with E-state index < -0.39 is 47.4 Å². The van der Waals surface area contributed by atoms with E-state index in [4.69, 9.17) is 14.6 Å². The fourth-order valence-corrected chi connectivity index (χ4v) is 5.80. The van der Waals surface area contributed by atoms with Gasteiger partial charge in [-0.25, -0.2) is 9.69 Å². The van der Waals surface area contributed by atoms with Crippen LogP contribution in [0.1, 0.15) is 98.0 Å². The number of ether oxygens (including phenoxy) is 2. The highest BCUT2D eigenvalue weighted by atomic mass is 16.6. The molecule has 1 N–H and O–H groups in total. The Kier molecular flexibility index (Phi) is 14.8. The highest BCUT2D eigenvalue weighted by molar-refractivity contribution is 6.05. The van der Waals surface area contributed by atoms with Crippen molar-refractivity contribution in [1.29, 1.82) is 0 Å². The molecule has 3 atom stereocenters. The van der Waals surface area contributed by atoms with Crippen molar-refractivity contribution in [2.75, 3.05) is 6.61 Å². The first-order valence-electron chi connectivity index (χ1n) is 15.5. The molecule has 0 aromatic heterocycles. The monoisotopic (exact) mass is 599 g/mol. The molecule has 1 aliphatic heterocycles. The molecule has 1 aliphatic rings. The number of rotatable bonds is 19. The van der Waals surface area contributed by atoms with E-state index in [1.807, 2.05) is 19.9 Å². The molecule has 1 saturated heterocycles. The van der Waals surface area contributed by atoms with Crippen LogP contribution in [0.2, 0.25) is 0 Å². The van der Waals surface area contributed by atoms with E-state index in [2.05, 4.69) is 0 Å². The highest BCUT2D eigenvalue weighted by Crippen LogP contribution is 2.36. The number of allylic oxidation sites excluding steroid dienone is 1. The van der Waals surface area contributed by atoms with Gasteiger partial charge < -0.3 is 14.6 Å². The minimum atomic E-state index is -1.54. The maximum atomic E-state index is 14.1. The number of nitrogens with zero attached hydrogens (tertiary/aromatic N) is 1. The third kappa shape index (κ3) is 11.4. The van der Waals surface area contributed by atoms with Gasteiger partial charge in [-0.05, 0) is 56.7 Å². The summed E-state index contributed by atoms with van der Waals surface area (Å²) in [6, 6.07) is 8.38. The van der Waals surface area contributed by atoms with E-state index in [1.54, 1.807) is 38.1 Å². The van der Waals surface area contributed by atoms with E-state index in [9.17, 15) is 24.0 Å². The molecule has 9 heteroatoms. The number of carbonyl (C=O) groups excluding carboxylic acids is 5. The number of cyclic esters (lactones) is 1. The topological polar surface area (TPSA) is 127 Å². The average molecular weight is 600 g/mol. The largest absolute Gasteiger partial charge is 0.453 e. The molecule has 1 fully saturated rings. The summed E-state index contributed by atoms with van der Waals surface area (Å²) in [4.78, 5) is 66.3. The summed E-state index contributed by atoms with van der Waals surface area (Å²) >= 11 is 0. The fourth-order valence-electron chi connectivity index (χ4n) is 5.80. The number of aliphatic hydroxyl groups excluding tert-OH is 1. The Balaban J connectivity index is 2.19. The quantitative estimate of drug-likeness (QED) is 0.121. The van der Waals surface area contributed by atoms with Gasteiger partial charge >= 0.3 is 12.1 Å². The van der Waals surface area contributed by atoms with E-state index in [-0.39, 0.29) is 31.1 Å². The summed E-state index contributed by atoms with van der Waals surface area (Å²) in [6.45, 7) is 8.60. The second-order valence-electron chi connectivity index (χ2n) is 12.2. The third-order valence-electron chi connectivity index (χ3n) is 7.73. The summed E-state index contributed by atoms with van der Waals surface area (Å²) < 4.78 is 11.0. The second-order valence-corrected chi connectivity index (χ2v) is 12.2. The predicted octanol–water partition coefficient (Wildman–Crippen LogP) is 5.76. The molecule has 0 unspecified atom stereocenters. The molecule has 2 rings (SSSR count). The zero-order valence-corrected chi connectivity index (χ0v) is 26.4. The van der Waals surface area contributed by atoms with Gasteiger partial charge in [0.25, 0.3) is 0 Å². The van der Waals surface area contributed by atoms with E-state index in [1.165, 1.54) is 6.08 Å². The first kappa shape index (κ1) is 35.9. The minimum absolute atomic E-state index is 0.0279. The van der Waals surface area contributed by atoms with Crippen LogP contribution in [0.5, 0.6) is 0 Å². The van der Waals surface area contributed by atoms with Gasteiger partial charge in [-0.2, -0.15) is 0 Å². The number of amides is 2. The van der Waals surface area contributed by atoms with Gasteiger partial charge in [0.2, 0.25) is 5.91 Å². The van der Waals surface area contributed by atoms with Crippen molar-refractivity contribution in [3.05, 3.63) is 48.0 Å². The third-order valence-corrected chi connectivity index (χ3v) is 7.73. The van der Waals surface area contributed by atoms with Crippen molar-refractivity contribution < 1.29 is 38.6 Å². The number of imide groups is 1. The normalized spacial score (nSPS) is 17.6. The number of ketones is 2. The molecule has 238 valence electrons. The molecule has 9 nitrogen and oxygen atoms in total. The van der Waals surface area contributed by atoms with Crippen LogP contribution in [0.15, 0.2) is 42.5 Å². The van der Waals surface area contributed by atoms with Gasteiger partial charge in [-0.15, -0.1) is 0 Å². The van der Waals surface area contributed by atoms with Crippen molar-refractivity contribution >= 4 is 29.5 Å². The Hall–Kier alpha value is -3.33. The standard InChI is InChI=1S/C34H49NO8/c1-24(2)31-34(4,5)43-33(41)35(31)32(40)28(23-26-17-13-12-14-18-26)30(42-25(3)37)29(39)21-20-27(38)19-15-10-8-6-7-9-11-16-22-36/h12-14,17-18,20-21,24,28,30-31,36H,6-11,15-16,19,22-23H2,1-5H3/t28-,30-,31-/m0/s1. The van der Waals surface area contributed by atoms with E-state index in [0.717, 1.165) is 62.8 Å². The Bertz CT molecular complexity index is 1110. The number of esters is 1. The summed E-state index contributed by atoms with van der Waals surface area (Å²) in [7, 11) is 0. The van der Waals surface area contributed by atoms with Crippen LogP contribution < -0.4 is 0 Å². The Morgan fingerprint density at radius 2 is 1.53 bits per heavy atom. The number of benzene rings is 1. The summed E-state index contributed by atoms with van der Waals surface area (Å²) in [5.41, 5.74) is -0.238. The predicted molar refractivity (Wildman–Crippen MR) is 163 cm³/mol. The van der Waals surface area contributed by atoms with E-state index in [0.29, 0.717) is 12.0 Å². The maximum absolute atomic E-state index is 14.1. The van der Waals surface area contributed by atoms with Crippen molar-refractivity contribution in [3.63, 3.8) is 0 Å². The number of hydrogen-bond acceptors (Lipinski definition) is 8. The van der Waals surface area contributed by atoms with Gasteiger partial charge in [0.1, 0.15) is 5.60 Å². The Morgan fingerprint density at radius 3 is 2.09 bits per heavy atom. The smallest absolute Gasteiger partial charge is 0.417 e. The molecule has 1 heterocycles. The van der Waals surface area contributed by atoms with Crippen molar-refractivity contribution in [3.8, 4) is 0 Å². The molecular formula is C34H49NO8. The van der Waals surface area contributed by atoms with Gasteiger partial charge in [0.15, 0.2) is 17.7 Å². The zero-order chi connectivity index (χ0) is 32.0. The lowest BCUT2D eigenvalue weighted by atomic mass is 9.85. The maximum Gasteiger partial charge on any atom is 0.417 e. The van der Waals surface area contributed by atoms with Crippen molar-refractivity contribution in [2.45, 2.75) is 117 Å². The van der Waals surface area contributed by atoms with Crippen LogP contribution in [0.25, 0.3) is 0 Å². The summed E-state index contributed by atoms with van der Waals surface area (Å²) in [5.74, 6) is -3.73. The molecule has 0 spiro atoms. The highest BCUT2D eigenvalue weighted by Gasteiger charge is 2.54. The van der Waals surface area contributed by atoms with Crippen LogP contribution in [-0.2, 0) is 35.1 Å². The second kappa shape index (κ2) is 17.7. The molecule has 0 bridgehead atoms. The minimum Gasteiger partial charge on any atom is -0.453 e. The lowest BCUT2D eigenvalue weighted by Crippen LogP contribution is -2.53. The molecule has 0 saturated carbocycles. The lowest BCUT2D eigenvalue weighted by molar-refractivity contribution is -0.159. The molecule has 43 heavy (non-hydrogen) atoms. The first-order chi connectivity index (χ1) is 20.4. The number of carbonyl (C=O) groups is 5. The van der Waals surface area contributed by atoms with Gasteiger partial charge in [-0.1, -0.05) is 82.7 Å². The molecule has 0 aliphatic carbocycles. The molecule has 0 radical (unpaired) electrons. The van der Waals surface area contributed by atoms with Crippen molar-refractivity contribution in [1.82, 2.24) is 4.90 Å². The summed E-state index contributed by atoms with van der Waals surface area (Å²) in [5, 5.41) is 8.83. The van der Waals surface area contributed by atoms with Crippen LogP contribution in [-0.4, -0.2) is 63.9 Å².